The third-order valence-electron chi connectivity index (χ3n) is 4.64. The van der Waals surface area contributed by atoms with Gasteiger partial charge in [-0.3, -0.25) is 0 Å². The van der Waals surface area contributed by atoms with E-state index in [1.54, 1.807) is 10.7 Å². The number of allylic oxidation sites excluding steroid dienone is 3. The molecule has 0 amide bonds. The van der Waals surface area contributed by atoms with Gasteiger partial charge in [0, 0.05) is 17.8 Å². The maximum atomic E-state index is 10.3. The number of anilines is 1. The zero-order valence-corrected chi connectivity index (χ0v) is 15.8. The van der Waals surface area contributed by atoms with Gasteiger partial charge in [0.2, 0.25) is 0 Å². The van der Waals surface area contributed by atoms with Gasteiger partial charge >= 0.3 is 0 Å². The normalized spacial score (nSPS) is 17.1. The van der Waals surface area contributed by atoms with E-state index in [-0.39, 0.29) is 24.2 Å². The number of rotatable bonds is 6. The largest absolute Gasteiger partial charge is 0.390 e. The molecule has 0 bridgehead atoms. The quantitative estimate of drug-likeness (QED) is 0.563. The van der Waals surface area contributed by atoms with E-state index < -0.39 is 5.60 Å². The zero-order chi connectivity index (χ0) is 19.7. The Labute approximate surface area is 162 Å². The van der Waals surface area contributed by atoms with Gasteiger partial charge < -0.3 is 20.1 Å². The third kappa shape index (κ3) is 3.69. The summed E-state index contributed by atoms with van der Waals surface area (Å²) in [5.74, 6) is 0.560. The minimum atomic E-state index is -0.791. The maximum Gasteiger partial charge on any atom is 0.261 e. The predicted molar refractivity (Wildman–Crippen MR) is 104 cm³/mol. The number of aliphatic hydroxyl groups excluding tert-OH is 1. The summed E-state index contributed by atoms with van der Waals surface area (Å²) in [5.41, 5.74) is 2.51. The highest BCUT2D eigenvalue weighted by Gasteiger charge is 2.25. The Bertz CT molecular complexity index is 1040. The number of aromatic nitrogens is 4. The Hall–Kier alpha value is -2.97. The number of hydrogen-bond donors (Lipinski definition) is 3. The van der Waals surface area contributed by atoms with Crippen molar-refractivity contribution in [2.75, 3.05) is 5.32 Å². The standard InChI is InChI=1S/C20H23N5O3/c1-20(2,27)10-13-6-3-4-7-15(13)22-18-14(19-23-17(12-26)24-28-19)11-21-25-9-5-8-16(18)25/h3,5-9,11,13,22,26-27H,4,10,12H2,1-2H3/t13-/m1/s1. The molecule has 146 valence electrons. The van der Waals surface area contributed by atoms with Crippen molar-refractivity contribution in [3.8, 4) is 11.5 Å². The summed E-state index contributed by atoms with van der Waals surface area (Å²) in [6.45, 7) is 3.33. The van der Waals surface area contributed by atoms with Crippen molar-refractivity contribution in [3.05, 3.63) is 54.3 Å². The first-order chi connectivity index (χ1) is 13.4. The minimum absolute atomic E-state index is 0.0560. The monoisotopic (exact) mass is 381 g/mol. The second-order valence-electron chi connectivity index (χ2n) is 7.52. The molecule has 3 N–H and O–H groups in total. The lowest BCUT2D eigenvalue weighted by atomic mass is 9.88. The molecular formula is C20H23N5O3. The smallest absolute Gasteiger partial charge is 0.261 e. The van der Waals surface area contributed by atoms with Crippen LogP contribution in [0, 0.1) is 5.92 Å². The van der Waals surface area contributed by atoms with Crippen molar-refractivity contribution in [2.45, 2.75) is 38.9 Å². The molecule has 1 atom stereocenters. The second-order valence-corrected chi connectivity index (χ2v) is 7.52. The van der Waals surface area contributed by atoms with Crippen molar-refractivity contribution in [3.63, 3.8) is 0 Å². The van der Waals surface area contributed by atoms with Crippen molar-refractivity contribution in [2.24, 2.45) is 5.92 Å². The van der Waals surface area contributed by atoms with Gasteiger partial charge in [-0.05, 0) is 38.8 Å². The Kier molecular flexibility index (Phi) is 4.74. The van der Waals surface area contributed by atoms with E-state index in [0.717, 1.165) is 23.3 Å². The first-order valence-electron chi connectivity index (χ1n) is 9.21. The molecule has 28 heavy (non-hydrogen) atoms. The fraction of sp³-hybridized carbons (Fsp3) is 0.350. The average Bonchev–Trinajstić information content (AvgIpc) is 3.31. The molecular weight excluding hydrogens is 358 g/mol. The van der Waals surface area contributed by atoms with Crippen LogP contribution in [0.3, 0.4) is 0 Å². The molecule has 0 saturated carbocycles. The van der Waals surface area contributed by atoms with Crippen LogP contribution in [0.25, 0.3) is 17.0 Å². The first-order valence-corrected chi connectivity index (χ1v) is 9.21. The van der Waals surface area contributed by atoms with Gasteiger partial charge in [-0.25, -0.2) is 4.52 Å². The van der Waals surface area contributed by atoms with E-state index in [0.29, 0.717) is 12.0 Å². The van der Waals surface area contributed by atoms with E-state index in [4.69, 9.17) is 4.52 Å². The van der Waals surface area contributed by atoms with E-state index in [1.807, 2.05) is 32.2 Å². The lowest BCUT2D eigenvalue weighted by molar-refractivity contribution is 0.0630. The summed E-state index contributed by atoms with van der Waals surface area (Å²) in [7, 11) is 0. The molecule has 8 heteroatoms. The molecule has 0 spiro atoms. The lowest BCUT2D eigenvalue weighted by Gasteiger charge is -2.28. The number of nitrogens with zero attached hydrogens (tertiary/aromatic N) is 4. The maximum absolute atomic E-state index is 10.3. The van der Waals surface area contributed by atoms with Crippen LogP contribution in [0.2, 0.25) is 0 Å². The van der Waals surface area contributed by atoms with Crippen molar-refractivity contribution < 1.29 is 14.7 Å². The van der Waals surface area contributed by atoms with Gasteiger partial charge in [-0.15, -0.1) is 0 Å². The van der Waals surface area contributed by atoms with E-state index >= 15 is 0 Å². The summed E-state index contributed by atoms with van der Waals surface area (Å²) < 4.78 is 7.08. The van der Waals surface area contributed by atoms with Gasteiger partial charge in [0.05, 0.1) is 28.6 Å². The van der Waals surface area contributed by atoms with Gasteiger partial charge in [0.1, 0.15) is 6.61 Å². The van der Waals surface area contributed by atoms with Crippen LogP contribution in [0.1, 0.15) is 32.5 Å². The molecule has 0 radical (unpaired) electrons. The van der Waals surface area contributed by atoms with Crippen LogP contribution in [-0.4, -0.2) is 35.6 Å². The second kappa shape index (κ2) is 7.21. The number of nitrogens with one attached hydrogen (secondary N) is 1. The Balaban J connectivity index is 1.75. The van der Waals surface area contributed by atoms with Crippen LogP contribution in [0.5, 0.6) is 0 Å². The average molecular weight is 381 g/mol. The summed E-state index contributed by atoms with van der Waals surface area (Å²) in [5, 5.41) is 31.2. The Morgan fingerprint density at radius 3 is 3.00 bits per heavy atom. The number of fused-ring (bicyclic) bond motifs is 1. The van der Waals surface area contributed by atoms with Crippen LogP contribution in [0.15, 0.2) is 53.0 Å². The lowest BCUT2D eigenvalue weighted by Crippen LogP contribution is -2.26. The Morgan fingerprint density at radius 1 is 1.39 bits per heavy atom. The molecule has 1 aliphatic carbocycles. The summed E-state index contributed by atoms with van der Waals surface area (Å²) in [4.78, 5) is 4.23. The van der Waals surface area contributed by atoms with Gasteiger partial charge in [-0.1, -0.05) is 23.4 Å². The highest BCUT2D eigenvalue weighted by Crippen LogP contribution is 2.35. The SMILES string of the molecule is CC(C)(O)C[C@H]1C=CCC=C1Nc1c(-c2nc(CO)no2)cnn2cccc12. The third-order valence-corrected chi connectivity index (χ3v) is 4.64. The molecule has 1 aliphatic rings. The molecule has 3 aromatic rings. The van der Waals surface area contributed by atoms with Gasteiger partial charge in [0.25, 0.3) is 5.89 Å². The van der Waals surface area contributed by atoms with Gasteiger partial charge in [-0.2, -0.15) is 10.1 Å². The van der Waals surface area contributed by atoms with Crippen molar-refractivity contribution >= 4 is 11.2 Å². The molecule has 8 nitrogen and oxygen atoms in total. The number of aliphatic hydroxyl groups is 2. The predicted octanol–water partition coefficient (Wildman–Crippen LogP) is 2.91. The molecule has 3 heterocycles. The topological polar surface area (TPSA) is 109 Å². The molecule has 0 fully saturated rings. The zero-order valence-electron chi connectivity index (χ0n) is 15.8. The van der Waals surface area contributed by atoms with E-state index in [9.17, 15) is 10.2 Å². The fourth-order valence-corrected chi connectivity index (χ4v) is 3.41. The first kappa shape index (κ1) is 18.4. The molecule has 4 rings (SSSR count). The summed E-state index contributed by atoms with van der Waals surface area (Å²) >= 11 is 0. The fourth-order valence-electron chi connectivity index (χ4n) is 3.41. The van der Waals surface area contributed by atoms with E-state index in [1.165, 1.54) is 0 Å². The van der Waals surface area contributed by atoms with E-state index in [2.05, 4.69) is 38.8 Å². The molecule has 0 unspecified atom stereocenters. The van der Waals surface area contributed by atoms with Crippen LogP contribution < -0.4 is 5.32 Å². The Morgan fingerprint density at radius 2 is 2.25 bits per heavy atom. The highest BCUT2D eigenvalue weighted by molar-refractivity contribution is 5.86. The van der Waals surface area contributed by atoms with Crippen LogP contribution in [0.4, 0.5) is 5.69 Å². The minimum Gasteiger partial charge on any atom is -0.390 e. The van der Waals surface area contributed by atoms with Crippen LogP contribution >= 0.6 is 0 Å². The van der Waals surface area contributed by atoms with Gasteiger partial charge in [0.15, 0.2) is 5.82 Å². The molecule has 0 aromatic carbocycles. The van der Waals surface area contributed by atoms with Crippen LogP contribution in [-0.2, 0) is 6.61 Å². The summed E-state index contributed by atoms with van der Waals surface area (Å²) in [6.07, 6.45) is 11.3. The summed E-state index contributed by atoms with van der Waals surface area (Å²) in [6, 6.07) is 3.86. The molecule has 0 aliphatic heterocycles. The molecule has 0 saturated heterocycles. The van der Waals surface area contributed by atoms with Crippen molar-refractivity contribution in [1.82, 2.24) is 19.8 Å². The van der Waals surface area contributed by atoms with Crippen molar-refractivity contribution in [1.29, 1.82) is 0 Å². The number of hydrogen-bond acceptors (Lipinski definition) is 7. The highest BCUT2D eigenvalue weighted by atomic mass is 16.5. The molecule has 3 aromatic heterocycles.